The Morgan fingerprint density at radius 3 is 2.37 bits per heavy atom. The maximum Gasteiger partial charge on any atom is 0.345 e. The van der Waals surface area contributed by atoms with E-state index in [1.807, 2.05) is 0 Å². The lowest BCUT2D eigenvalue weighted by Crippen LogP contribution is -2.49. The molecule has 174 valence electrons. The Hall–Kier alpha value is -0.800. The molecule has 3 aliphatic rings. The molecule has 4 atom stereocenters. The molecular formula is C21H36F2N2O4S. The summed E-state index contributed by atoms with van der Waals surface area (Å²) < 4.78 is 57.6. The van der Waals surface area contributed by atoms with Gasteiger partial charge in [-0.1, -0.05) is 32.1 Å². The summed E-state index contributed by atoms with van der Waals surface area (Å²) in [7, 11) is -1.69. The predicted molar refractivity (Wildman–Crippen MR) is 111 cm³/mol. The van der Waals surface area contributed by atoms with Gasteiger partial charge in [-0.15, -0.1) is 0 Å². The normalized spacial score (nSPS) is 31.8. The molecule has 30 heavy (non-hydrogen) atoms. The summed E-state index contributed by atoms with van der Waals surface area (Å²) in [6.07, 6.45) is 9.34. The minimum Gasteiger partial charge on any atom is -0.353 e. The van der Waals surface area contributed by atoms with E-state index in [2.05, 4.69) is 10.1 Å². The van der Waals surface area contributed by atoms with Gasteiger partial charge in [0.1, 0.15) is 0 Å². The number of carbonyl (C=O) groups excluding carboxylic acids is 1. The van der Waals surface area contributed by atoms with Crippen LogP contribution in [-0.4, -0.2) is 55.7 Å². The average Bonchev–Trinajstić information content (AvgIpc) is 2.73. The van der Waals surface area contributed by atoms with Crippen molar-refractivity contribution in [1.29, 1.82) is 0 Å². The van der Waals surface area contributed by atoms with E-state index >= 15 is 0 Å². The molecule has 0 aromatic heterocycles. The lowest BCUT2D eigenvalue weighted by molar-refractivity contribution is -0.175. The first kappa shape index (κ1) is 23.9. The number of nitrogens with one attached hydrogen (secondary N) is 1. The van der Waals surface area contributed by atoms with E-state index < -0.39 is 28.0 Å². The molecule has 3 aliphatic carbocycles. The average molecular weight is 451 g/mol. The number of halogens is 2. The molecule has 0 aromatic rings. The van der Waals surface area contributed by atoms with Gasteiger partial charge in [0.2, 0.25) is 15.9 Å². The lowest BCUT2D eigenvalue weighted by atomic mass is 9.86. The quantitative estimate of drug-likeness (QED) is 0.640. The minimum absolute atomic E-state index is 0.0905. The summed E-state index contributed by atoms with van der Waals surface area (Å²) >= 11 is 0. The number of hydrogen-bond acceptors (Lipinski definition) is 4. The zero-order chi connectivity index (χ0) is 21.7. The topological polar surface area (TPSA) is 75.7 Å². The van der Waals surface area contributed by atoms with Crippen LogP contribution in [-0.2, 0) is 19.6 Å². The second-order valence-corrected chi connectivity index (χ2v) is 11.5. The van der Waals surface area contributed by atoms with Crippen LogP contribution in [0.4, 0.5) is 8.78 Å². The van der Waals surface area contributed by atoms with Gasteiger partial charge in [0.15, 0.2) is 0 Å². The number of rotatable bonds is 7. The molecule has 1 amide bonds. The van der Waals surface area contributed by atoms with Crippen LogP contribution in [0.15, 0.2) is 0 Å². The molecule has 0 saturated heterocycles. The molecule has 3 rings (SSSR count). The summed E-state index contributed by atoms with van der Waals surface area (Å²) in [6, 6.07) is -0.0881. The summed E-state index contributed by atoms with van der Waals surface area (Å²) in [6.45, 7) is -2.82. The zero-order valence-corrected chi connectivity index (χ0v) is 18.7. The molecule has 3 saturated carbocycles. The fourth-order valence-corrected chi connectivity index (χ4v) is 7.44. The summed E-state index contributed by atoms with van der Waals surface area (Å²) in [5.41, 5.74) is 0. The summed E-state index contributed by atoms with van der Waals surface area (Å²) in [4.78, 5) is 12.7. The maximum atomic E-state index is 13.2. The van der Waals surface area contributed by atoms with Crippen LogP contribution >= 0.6 is 0 Å². The van der Waals surface area contributed by atoms with E-state index in [1.54, 1.807) is 11.4 Å². The van der Waals surface area contributed by atoms with Gasteiger partial charge >= 0.3 is 6.61 Å². The third-order valence-electron chi connectivity index (χ3n) is 7.18. The van der Waals surface area contributed by atoms with E-state index in [1.165, 1.54) is 6.42 Å². The van der Waals surface area contributed by atoms with Crippen molar-refractivity contribution in [2.24, 2.45) is 5.92 Å². The first-order chi connectivity index (χ1) is 14.3. The highest BCUT2D eigenvalue weighted by Gasteiger charge is 2.38. The van der Waals surface area contributed by atoms with Gasteiger partial charge in [-0.05, 0) is 51.4 Å². The molecule has 1 N–H and O–H groups in total. The van der Waals surface area contributed by atoms with E-state index in [0.717, 1.165) is 38.5 Å². The van der Waals surface area contributed by atoms with Gasteiger partial charge in [-0.2, -0.15) is 8.78 Å². The molecule has 6 nitrogen and oxygen atoms in total. The number of sulfonamides is 1. The van der Waals surface area contributed by atoms with Gasteiger partial charge in [0, 0.05) is 25.0 Å². The zero-order valence-electron chi connectivity index (χ0n) is 17.9. The Balaban J connectivity index is 1.54. The Kier molecular flexibility index (Phi) is 8.49. The van der Waals surface area contributed by atoms with Crippen molar-refractivity contribution in [2.75, 3.05) is 7.05 Å². The van der Waals surface area contributed by atoms with E-state index in [0.29, 0.717) is 38.5 Å². The first-order valence-corrected chi connectivity index (χ1v) is 13.0. The molecule has 0 radical (unpaired) electrons. The van der Waals surface area contributed by atoms with E-state index in [4.69, 9.17) is 0 Å². The highest BCUT2D eigenvalue weighted by molar-refractivity contribution is 7.89. The molecule has 4 unspecified atom stereocenters. The molecule has 3 fully saturated rings. The van der Waals surface area contributed by atoms with Crippen molar-refractivity contribution >= 4 is 15.9 Å². The second kappa shape index (κ2) is 10.7. The van der Waals surface area contributed by atoms with Gasteiger partial charge < -0.3 is 10.1 Å². The molecule has 9 heteroatoms. The van der Waals surface area contributed by atoms with Crippen LogP contribution in [0.1, 0.15) is 83.5 Å². The molecule has 0 heterocycles. The van der Waals surface area contributed by atoms with Crippen molar-refractivity contribution < 1.29 is 26.7 Å². The Labute approximate surface area is 179 Å². The van der Waals surface area contributed by atoms with Gasteiger partial charge in [0.05, 0.1) is 11.4 Å². The smallest absolute Gasteiger partial charge is 0.345 e. The number of alkyl halides is 2. The van der Waals surface area contributed by atoms with Gasteiger partial charge in [0.25, 0.3) is 0 Å². The van der Waals surface area contributed by atoms with Crippen molar-refractivity contribution in [1.82, 2.24) is 9.62 Å². The SMILES string of the molecule is CN(C1CCCCC1)S(=O)(=O)C1CCCC(NC(=O)C2CCCC(OC(F)F)C2)C1. The number of hydrogen-bond donors (Lipinski definition) is 1. The maximum absolute atomic E-state index is 13.2. The first-order valence-electron chi connectivity index (χ1n) is 11.5. The Bertz CT molecular complexity index is 670. The minimum atomic E-state index is -3.40. The number of ether oxygens (including phenoxy) is 1. The van der Waals surface area contributed by atoms with Crippen molar-refractivity contribution in [3.63, 3.8) is 0 Å². The monoisotopic (exact) mass is 450 g/mol. The van der Waals surface area contributed by atoms with E-state index in [-0.39, 0.29) is 23.9 Å². The van der Waals surface area contributed by atoms with Crippen molar-refractivity contribution in [3.8, 4) is 0 Å². The van der Waals surface area contributed by atoms with Gasteiger partial charge in [-0.25, -0.2) is 12.7 Å². The fraction of sp³-hybridized carbons (Fsp3) is 0.952. The van der Waals surface area contributed by atoms with Crippen molar-refractivity contribution in [3.05, 3.63) is 0 Å². The third-order valence-corrected chi connectivity index (χ3v) is 9.55. The van der Waals surface area contributed by atoms with Crippen LogP contribution in [0.25, 0.3) is 0 Å². The molecular weight excluding hydrogens is 414 g/mol. The van der Waals surface area contributed by atoms with Crippen LogP contribution in [0.5, 0.6) is 0 Å². The largest absolute Gasteiger partial charge is 0.353 e. The van der Waals surface area contributed by atoms with Gasteiger partial charge in [-0.3, -0.25) is 4.79 Å². The standard InChI is InChI=1S/C21H36F2N2O4S/c1-25(17-9-3-2-4-10-17)30(27,28)19-12-6-8-16(14-19)24-20(26)15-7-5-11-18(13-15)29-21(22)23/h15-19,21H,2-14H2,1H3,(H,24,26). The van der Waals surface area contributed by atoms with Crippen LogP contribution in [0.2, 0.25) is 0 Å². The van der Waals surface area contributed by atoms with Crippen molar-refractivity contribution in [2.45, 2.75) is 114 Å². The fourth-order valence-electron chi connectivity index (χ4n) is 5.41. The predicted octanol–water partition coefficient (Wildman–Crippen LogP) is 3.81. The Morgan fingerprint density at radius 1 is 0.967 bits per heavy atom. The summed E-state index contributed by atoms with van der Waals surface area (Å²) in [5.74, 6) is -0.495. The molecule has 0 bridgehead atoms. The second-order valence-electron chi connectivity index (χ2n) is 9.23. The number of amides is 1. The Morgan fingerprint density at radius 2 is 1.67 bits per heavy atom. The number of nitrogens with zero attached hydrogens (tertiary/aromatic N) is 1. The van der Waals surface area contributed by atoms with E-state index in [9.17, 15) is 22.0 Å². The van der Waals surface area contributed by atoms with Crippen LogP contribution in [0, 0.1) is 5.92 Å². The highest BCUT2D eigenvalue weighted by Crippen LogP contribution is 2.32. The lowest BCUT2D eigenvalue weighted by Gasteiger charge is -2.37. The third kappa shape index (κ3) is 6.13. The number of carbonyl (C=O) groups is 1. The summed E-state index contributed by atoms with van der Waals surface area (Å²) in [5, 5.41) is 2.55. The highest BCUT2D eigenvalue weighted by atomic mass is 32.2. The molecule has 0 aromatic carbocycles. The van der Waals surface area contributed by atoms with Crippen LogP contribution in [0.3, 0.4) is 0 Å². The molecule has 0 aliphatic heterocycles. The van der Waals surface area contributed by atoms with Crippen LogP contribution < -0.4 is 5.32 Å². The molecule has 0 spiro atoms.